The Hall–Kier alpha value is -4.34. The largest absolute Gasteiger partial charge is 0.352 e. The van der Waals surface area contributed by atoms with Gasteiger partial charge >= 0.3 is 0 Å². The third-order valence-electron chi connectivity index (χ3n) is 3.94. The first-order chi connectivity index (χ1) is 15.6. The number of carbonyl (C=O) groups excluding carboxylic acids is 4. The summed E-state index contributed by atoms with van der Waals surface area (Å²) in [6.07, 6.45) is 2.49. The molecule has 32 heavy (non-hydrogen) atoms. The predicted octanol–water partition coefficient (Wildman–Crippen LogP) is 0.831. The van der Waals surface area contributed by atoms with Crippen molar-refractivity contribution in [3.63, 3.8) is 0 Å². The summed E-state index contributed by atoms with van der Waals surface area (Å²) in [7, 11) is 0. The normalized spacial score (nSPS) is 10.6. The van der Waals surface area contributed by atoms with E-state index in [2.05, 4.69) is 31.7 Å². The van der Waals surface area contributed by atoms with Gasteiger partial charge in [0.15, 0.2) is 0 Å². The number of carbonyl (C=O) groups is 4. The molecule has 0 unspecified atom stereocenters. The Morgan fingerprint density at radius 1 is 0.625 bits per heavy atom. The average Bonchev–Trinajstić information content (AvgIpc) is 2.82. The Morgan fingerprint density at radius 3 is 1.38 bits per heavy atom. The quantitative estimate of drug-likeness (QED) is 0.306. The molecular formula is C22H24N6O4. The summed E-state index contributed by atoms with van der Waals surface area (Å²) in [6, 6.07) is 17.4. The molecule has 10 heteroatoms. The van der Waals surface area contributed by atoms with Crippen molar-refractivity contribution in [2.24, 2.45) is 10.2 Å². The smallest absolute Gasteiger partial charge is 0.251 e. The molecule has 0 aromatic heterocycles. The van der Waals surface area contributed by atoms with Crippen LogP contribution in [0.1, 0.15) is 33.6 Å². The molecule has 4 amide bonds. The summed E-state index contributed by atoms with van der Waals surface area (Å²) in [5.41, 5.74) is 5.58. The van der Waals surface area contributed by atoms with E-state index in [1.54, 1.807) is 48.5 Å². The van der Waals surface area contributed by atoms with Gasteiger partial charge in [0, 0.05) is 37.1 Å². The molecule has 0 bridgehead atoms. The van der Waals surface area contributed by atoms with Crippen LogP contribution in [0.3, 0.4) is 0 Å². The lowest BCUT2D eigenvalue weighted by molar-refractivity contribution is -0.121. The lowest BCUT2D eigenvalue weighted by Crippen LogP contribution is -2.29. The molecule has 0 saturated heterocycles. The van der Waals surface area contributed by atoms with E-state index < -0.39 is 0 Å². The van der Waals surface area contributed by atoms with Crippen molar-refractivity contribution in [1.82, 2.24) is 21.5 Å². The highest BCUT2D eigenvalue weighted by molar-refractivity contribution is 6.16. The van der Waals surface area contributed by atoms with Crippen molar-refractivity contribution in [2.75, 3.05) is 13.1 Å². The van der Waals surface area contributed by atoms with E-state index in [1.807, 2.05) is 12.1 Å². The van der Waals surface area contributed by atoms with Crippen molar-refractivity contribution in [1.29, 1.82) is 0 Å². The highest BCUT2D eigenvalue weighted by Crippen LogP contribution is 1.98. The van der Waals surface area contributed by atoms with Gasteiger partial charge in [0.05, 0.1) is 12.4 Å². The third-order valence-corrected chi connectivity index (χ3v) is 3.94. The summed E-state index contributed by atoms with van der Waals surface area (Å²) in [5, 5.41) is 12.6. The minimum absolute atomic E-state index is 0.0541. The van der Waals surface area contributed by atoms with Crippen LogP contribution in [0, 0.1) is 0 Å². The second kappa shape index (κ2) is 13.8. The van der Waals surface area contributed by atoms with Crippen molar-refractivity contribution in [3.05, 3.63) is 71.8 Å². The first-order valence-corrected chi connectivity index (χ1v) is 9.85. The van der Waals surface area contributed by atoms with E-state index in [1.165, 1.54) is 12.4 Å². The molecule has 4 N–H and O–H groups in total. The van der Waals surface area contributed by atoms with Gasteiger partial charge in [0.1, 0.15) is 0 Å². The summed E-state index contributed by atoms with van der Waals surface area (Å²) >= 11 is 0. The van der Waals surface area contributed by atoms with E-state index in [0.717, 1.165) is 0 Å². The van der Waals surface area contributed by atoms with E-state index >= 15 is 0 Å². The SMILES string of the molecule is O=C(CCNC(=O)c1ccccc1)N/N=C/C=N/NC(=O)CCNC(=O)c1ccccc1. The zero-order valence-electron chi connectivity index (χ0n) is 17.3. The van der Waals surface area contributed by atoms with Gasteiger partial charge in [-0.25, -0.2) is 10.9 Å². The van der Waals surface area contributed by atoms with Crippen LogP contribution in [0.4, 0.5) is 0 Å². The number of hydrogen-bond acceptors (Lipinski definition) is 6. The van der Waals surface area contributed by atoms with Crippen LogP contribution in [-0.4, -0.2) is 49.1 Å². The van der Waals surface area contributed by atoms with Crippen LogP contribution < -0.4 is 21.5 Å². The van der Waals surface area contributed by atoms with Gasteiger partial charge in [0.25, 0.3) is 11.8 Å². The van der Waals surface area contributed by atoms with Gasteiger partial charge in [0.2, 0.25) is 11.8 Å². The number of nitrogens with one attached hydrogen (secondary N) is 4. The van der Waals surface area contributed by atoms with Gasteiger partial charge in [-0.3, -0.25) is 19.2 Å². The standard InChI is InChI=1S/C22H24N6O4/c29-19(11-13-23-21(31)17-7-3-1-4-8-17)27-25-15-16-26-28-20(30)12-14-24-22(32)18-9-5-2-6-10-18/h1-10,15-16H,11-14H2,(H,23,31)(H,24,32)(H,27,29)(H,28,30)/b25-15+,26-16+. The summed E-state index contributed by atoms with van der Waals surface area (Å²) in [5.74, 6) is -1.30. The maximum atomic E-state index is 11.8. The number of hydrogen-bond donors (Lipinski definition) is 4. The molecule has 0 atom stereocenters. The van der Waals surface area contributed by atoms with Gasteiger partial charge in [-0.1, -0.05) is 36.4 Å². The van der Waals surface area contributed by atoms with Gasteiger partial charge in [-0.05, 0) is 24.3 Å². The molecule has 0 fully saturated rings. The lowest BCUT2D eigenvalue weighted by Gasteiger charge is -2.04. The maximum Gasteiger partial charge on any atom is 0.251 e. The minimum Gasteiger partial charge on any atom is -0.352 e. The highest BCUT2D eigenvalue weighted by Gasteiger charge is 2.06. The van der Waals surface area contributed by atoms with Crippen LogP contribution in [0.25, 0.3) is 0 Å². The monoisotopic (exact) mass is 436 g/mol. The van der Waals surface area contributed by atoms with Gasteiger partial charge in [-0.2, -0.15) is 10.2 Å². The topological polar surface area (TPSA) is 141 Å². The van der Waals surface area contributed by atoms with Gasteiger partial charge in [-0.15, -0.1) is 0 Å². The molecule has 2 rings (SSSR count). The number of amides is 4. The van der Waals surface area contributed by atoms with Crippen LogP contribution in [0.5, 0.6) is 0 Å². The average molecular weight is 436 g/mol. The lowest BCUT2D eigenvalue weighted by atomic mass is 10.2. The Labute approximate surface area is 185 Å². The second-order valence-electron chi connectivity index (χ2n) is 6.37. The zero-order chi connectivity index (χ0) is 23.0. The summed E-state index contributed by atoms with van der Waals surface area (Å²) in [6.45, 7) is 0.333. The number of rotatable bonds is 11. The summed E-state index contributed by atoms with van der Waals surface area (Å²) < 4.78 is 0. The Balaban J connectivity index is 1.53. The first kappa shape index (κ1) is 23.9. The molecule has 0 radical (unpaired) electrons. The molecule has 0 heterocycles. The molecule has 0 aliphatic heterocycles. The van der Waals surface area contributed by atoms with Gasteiger partial charge < -0.3 is 10.6 Å². The van der Waals surface area contributed by atoms with Crippen LogP contribution in [0.2, 0.25) is 0 Å². The highest BCUT2D eigenvalue weighted by atomic mass is 16.2. The fourth-order valence-electron chi connectivity index (χ4n) is 2.36. The molecule has 10 nitrogen and oxygen atoms in total. The number of benzene rings is 2. The molecular weight excluding hydrogens is 412 g/mol. The van der Waals surface area contributed by atoms with Crippen LogP contribution in [-0.2, 0) is 9.59 Å². The van der Waals surface area contributed by atoms with Crippen molar-refractivity contribution in [2.45, 2.75) is 12.8 Å². The molecule has 2 aromatic carbocycles. The van der Waals surface area contributed by atoms with E-state index in [9.17, 15) is 19.2 Å². The second-order valence-corrected chi connectivity index (χ2v) is 6.37. The Morgan fingerprint density at radius 2 is 1.00 bits per heavy atom. The predicted molar refractivity (Wildman–Crippen MR) is 120 cm³/mol. The van der Waals surface area contributed by atoms with Crippen molar-refractivity contribution in [3.8, 4) is 0 Å². The van der Waals surface area contributed by atoms with Crippen LogP contribution >= 0.6 is 0 Å². The molecule has 0 aliphatic rings. The first-order valence-electron chi connectivity index (χ1n) is 9.85. The minimum atomic E-state index is -0.388. The fourth-order valence-corrected chi connectivity index (χ4v) is 2.36. The fraction of sp³-hybridized carbons (Fsp3) is 0.182. The molecule has 166 valence electrons. The Bertz CT molecular complexity index is 881. The van der Waals surface area contributed by atoms with E-state index in [-0.39, 0.29) is 49.6 Å². The number of nitrogens with zero attached hydrogens (tertiary/aromatic N) is 2. The molecule has 2 aromatic rings. The summed E-state index contributed by atoms with van der Waals surface area (Å²) in [4.78, 5) is 47.0. The Kier molecular flexibility index (Phi) is 10.3. The number of hydrazone groups is 2. The zero-order valence-corrected chi connectivity index (χ0v) is 17.3. The van der Waals surface area contributed by atoms with Crippen molar-refractivity contribution < 1.29 is 19.2 Å². The van der Waals surface area contributed by atoms with Crippen LogP contribution in [0.15, 0.2) is 70.9 Å². The van der Waals surface area contributed by atoms with Crippen molar-refractivity contribution >= 4 is 36.1 Å². The molecule has 0 spiro atoms. The van der Waals surface area contributed by atoms with E-state index in [0.29, 0.717) is 11.1 Å². The van der Waals surface area contributed by atoms with E-state index in [4.69, 9.17) is 0 Å². The molecule has 0 saturated carbocycles. The molecule has 0 aliphatic carbocycles. The maximum absolute atomic E-state index is 11.8. The third kappa shape index (κ3) is 9.44.